The summed E-state index contributed by atoms with van der Waals surface area (Å²) in [7, 11) is 1.72. The van der Waals surface area contributed by atoms with Crippen molar-refractivity contribution in [2.24, 2.45) is 7.05 Å². The normalized spacial score (nSPS) is 13.7. The molecule has 1 aromatic heterocycles. The van der Waals surface area contributed by atoms with Gasteiger partial charge in [0.1, 0.15) is 0 Å². The molecule has 1 fully saturated rings. The molecule has 6 heteroatoms. The number of hydrogen-bond acceptors (Lipinski definition) is 4. The zero-order valence-electron chi connectivity index (χ0n) is 14.8. The molecule has 1 N–H and O–H groups in total. The van der Waals surface area contributed by atoms with Gasteiger partial charge in [0.05, 0.1) is 5.75 Å². The first-order valence-corrected chi connectivity index (χ1v) is 9.47. The molecule has 0 unspecified atom stereocenters. The zero-order valence-corrected chi connectivity index (χ0v) is 15.7. The zero-order chi connectivity index (χ0) is 18.0. The highest BCUT2D eigenvalue weighted by Gasteiger charge is 2.23. The van der Waals surface area contributed by atoms with Crippen LogP contribution in [0.3, 0.4) is 0 Å². The summed E-state index contributed by atoms with van der Waals surface area (Å²) in [5.41, 5.74) is 3.70. The number of hydrogen-bond donors (Lipinski definition) is 1. The molecule has 1 saturated carbocycles. The average molecular weight is 357 g/mol. The molecule has 2 aromatic rings. The van der Waals surface area contributed by atoms with Gasteiger partial charge in [-0.3, -0.25) is 14.2 Å². The molecule has 1 heterocycles. The number of rotatable bonds is 6. The van der Waals surface area contributed by atoms with Crippen LogP contribution < -0.4 is 10.9 Å². The Morgan fingerprint density at radius 3 is 2.72 bits per heavy atom. The van der Waals surface area contributed by atoms with E-state index in [0.717, 1.165) is 24.1 Å². The lowest BCUT2D eigenvalue weighted by Gasteiger charge is -2.13. The lowest BCUT2D eigenvalue weighted by atomic mass is 10.0. The van der Waals surface area contributed by atoms with Gasteiger partial charge in [-0.1, -0.05) is 36.0 Å². The van der Waals surface area contributed by atoms with Crippen molar-refractivity contribution >= 4 is 17.7 Å². The van der Waals surface area contributed by atoms with E-state index >= 15 is 0 Å². The molecule has 1 amide bonds. The Labute approximate surface area is 151 Å². The van der Waals surface area contributed by atoms with Crippen LogP contribution in [0.5, 0.6) is 0 Å². The van der Waals surface area contributed by atoms with Crippen LogP contribution in [-0.4, -0.2) is 27.3 Å². The van der Waals surface area contributed by atoms with E-state index in [9.17, 15) is 9.59 Å². The van der Waals surface area contributed by atoms with Crippen molar-refractivity contribution in [2.45, 2.75) is 44.3 Å². The number of nitrogens with one attached hydrogen (secondary N) is 1. The third kappa shape index (κ3) is 4.31. The molecule has 0 spiro atoms. The molecule has 1 aliphatic carbocycles. The summed E-state index contributed by atoms with van der Waals surface area (Å²) < 4.78 is 1.55. The van der Waals surface area contributed by atoms with Gasteiger partial charge in [0.25, 0.3) is 5.56 Å². The second-order valence-corrected chi connectivity index (χ2v) is 7.50. The monoisotopic (exact) mass is 357 g/mol. The predicted octanol–water partition coefficient (Wildman–Crippen LogP) is 2.36. The van der Waals surface area contributed by atoms with E-state index in [1.165, 1.54) is 17.3 Å². The number of carbonyl (C=O) groups is 1. The Morgan fingerprint density at radius 1 is 1.32 bits per heavy atom. The predicted molar refractivity (Wildman–Crippen MR) is 100 cm³/mol. The first-order chi connectivity index (χ1) is 12.0. The first-order valence-electron chi connectivity index (χ1n) is 8.49. The molecule has 0 saturated heterocycles. The quantitative estimate of drug-likeness (QED) is 0.637. The van der Waals surface area contributed by atoms with Gasteiger partial charge in [-0.2, -0.15) is 0 Å². The summed E-state index contributed by atoms with van der Waals surface area (Å²) in [4.78, 5) is 29.2. The van der Waals surface area contributed by atoms with Crippen molar-refractivity contribution in [2.75, 3.05) is 5.75 Å². The van der Waals surface area contributed by atoms with Gasteiger partial charge in [0.15, 0.2) is 5.16 Å². The van der Waals surface area contributed by atoms with Crippen LogP contribution in [0, 0.1) is 13.8 Å². The summed E-state index contributed by atoms with van der Waals surface area (Å²) in [5, 5.41) is 3.53. The summed E-state index contributed by atoms with van der Waals surface area (Å²) in [6.07, 6.45) is 2.71. The Balaban J connectivity index is 1.78. The molecule has 0 aliphatic heterocycles. The van der Waals surface area contributed by atoms with Gasteiger partial charge in [-0.05, 0) is 37.8 Å². The number of nitrogens with zero attached hydrogens (tertiary/aromatic N) is 2. The molecular formula is C19H23N3O2S. The maximum Gasteiger partial charge on any atom is 0.257 e. The van der Waals surface area contributed by atoms with Crippen LogP contribution in [0.1, 0.15) is 35.2 Å². The first kappa shape index (κ1) is 17.7. The number of carbonyl (C=O) groups excluding carboxylic acids is 1. The van der Waals surface area contributed by atoms with Crippen LogP contribution in [0.25, 0.3) is 0 Å². The fraction of sp³-hybridized carbons (Fsp3) is 0.421. The standard InChI is InChI=1S/C19H23N3O2S/c1-12-6-4-5-7-14(12)10-16-13(2)20-19(22(3)18(16)24)25-11-17(23)21-15-8-9-15/h4-7,15H,8-11H2,1-3H3,(H,21,23). The maximum absolute atomic E-state index is 12.8. The minimum Gasteiger partial charge on any atom is -0.353 e. The van der Waals surface area contributed by atoms with Gasteiger partial charge in [0.2, 0.25) is 5.91 Å². The SMILES string of the molecule is Cc1ccccc1Cc1c(C)nc(SCC(=O)NC2CC2)n(C)c1=O. The number of aromatic nitrogens is 2. The number of thioether (sulfide) groups is 1. The highest BCUT2D eigenvalue weighted by atomic mass is 32.2. The van der Waals surface area contributed by atoms with E-state index in [1.54, 1.807) is 11.6 Å². The topological polar surface area (TPSA) is 64.0 Å². The highest BCUT2D eigenvalue weighted by molar-refractivity contribution is 7.99. The van der Waals surface area contributed by atoms with Crippen LogP contribution in [0.4, 0.5) is 0 Å². The van der Waals surface area contributed by atoms with Crippen molar-refractivity contribution in [3.8, 4) is 0 Å². The minimum atomic E-state index is -0.0409. The van der Waals surface area contributed by atoms with Crippen LogP contribution in [0.2, 0.25) is 0 Å². The summed E-state index contributed by atoms with van der Waals surface area (Å²) >= 11 is 1.31. The van der Waals surface area contributed by atoms with Crippen molar-refractivity contribution in [1.29, 1.82) is 0 Å². The minimum absolute atomic E-state index is 0.00314. The molecule has 0 atom stereocenters. The third-order valence-corrected chi connectivity index (χ3v) is 5.48. The van der Waals surface area contributed by atoms with E-state index in [-0.39, 0.29) is 17.2 Å². The number of aryl methyl sites for hydroxylation is 2. The average Bonchev–Trinajstić information content (AvgIpc) is 3.39. The largest absolute Gasteiger partial charge is 0.353 e. The van der Waals surface area contributed by atoms with Crippen LogP contribution >= 0.6 is 11.8 Å². The molecular weight excluding hydrogens is 334 g/mol. The van der Waals surface area contributed by atoms with E-state index in [2.05, 4.69) is 10.3 Å². The van der Waals surface area contributed by atoms with Gasteiger partial charge in [0, 0.05) is 30.8 Å². The Bertz CT molecular complexity index is 856. The number of benzene rings is 1. The fourth-order valence-corrected chi connectivity index (χ4v) is 3.51. The molecule has 5 nitrogen and oxygen atoms in total. The summed E-state index contributed by atoms with van der Waals surface area (Å²) in [5.74, 6) is 0.288. The van der Waals surface area contributed by atoms with E-state index in [0.29, 0.717) is 23.2 Å². The third-order valence-electron chi connectivity index (χ3n) is 4.45. The van der Waals surface area contributed by atoms with Gasteiger partial charge >= 0.3 is 0 Å². The molecule has 1 aliphatic rings. The van der Waals surface area contributed by atoms with Crippen LogP contribution in [-0.2, 0) is 18.3 Å². The smallest absolute Gasteiger partial charge is 0.257 e. The Morgan fingerprint density at radius 2 is 2.04 bits per heavy atom. The van der Waals surface area contributed by atoms with Crippen molar-refractivity contribution < 1.29 is 4.79 Å². The molecule has 25 heavy (non-hydrogen) atoms. The maximum atomic E-state index is 12.8. The number of amides is 1. The lowest BCUT2D eigenvalue weighted by Crippen LogP contribution is -2.29. The second kappa shape index (κ2) is 7.44. The molecule has 0 bridgehead atoms. The van der Waals surface area contributed by atoms with Crippen molar-refractivity contribution in [3.63, 3.8) is 0 Å². The molecule has 132 valence electrons. The summed E-state index contributed by atoms with van der Waals surface area (Å²) in [6.45, 7) is 3.91. The Kier molecular flexibility index (Phi) is 5.27. The van der Waals surface area contributed by atoms with E-state index < -0.39 is 0 Å². The Hall–Kier alpha value is -2.08. The van der Waals surface area contributed by atoms with E-state index in [1.807, 2.05) is 38.1 Å². The fourth-order valence-electron chi connectivity index (χ4n) is 2.69. The molecule has 3 rings (SSSR count). The summed E-state index contributed by atoms with van der Waals surface area (Å²) in [6, 6.07) is 8.42. The van der Waals surface area contributed by atoms with Crippen molar-refractivity contribution in [1.82, 2.24) is 14.9 Å². The van der Waals surface area contributed by atoms with Gasteiger partial charge in [-0.15, -0.1) is 0 Å². The van der Waals surface area contributed by atoms with Gasteiger partial charge < -0.3 is 5.32 Å². The van der Waals surface area contributed by atoms with Crippen molar-refractivity contribution in [3.05, 3.63) is 57.0 Å². The molecule has 1 aromatic carbocycles. The molecule has 0 radical (unpaired) electrons. The van der Waals surface area contributed by atoms with Crippen LogP contribution in [0.15, 0.2) is 34.2 Å². The lowest BCUT2D eigenvalue weighted by molar-refractivity contribution is -0.118. The van der Waals surface area contributed by atoms with E-state index in [4.69, 9.17) is 0 Å². The van der Waals surface area contributed by atoms with Gasteiger partial charge in [-0.25, -0.2) is 4.98 Å². The highest BCUT2D eigenvalue weighted by Crippen LogP contribution is 2.20. The second-order valence-electron chi connectivity index (χ2n) is 6.56.